The molecule has 2 rings (SSSR count). The molecule has 0 saturated carbocycles. The summed E-state index contributed by atoms with van der Waals surface area (Å²) in [7, 11) is 3.82. The predicted octanol–water partition coefficient (Wildman–Crippen LogP) is 2.34. The van der Waals surface area contributed by atoms with E-state index < -0.39 is 0 Å². The van der Waals surface area contributed by atoms with Crippen LogP contribution in [-0.2, 0) is 6.54 Å². The molecule has 0 bridgehead atoms. The number of pyridine rings is 1. The molecule has 0 radical (unpaired) electrons. The minimum atomic E-state index is 0.0954. The first-order valence-electron chi connectivity index (χ1n) is 6.91. The average molecular weight is 287 g/mol. The van der Waals surface area contributed by atoms with E-state index in [4.69, 9.17) is 4.74 Å². The van der Waals surface area contributed by atoms with Gasteiger partial charge in [-0.3, -0.25) is 0 Å². The van der Waals surface area contributed by atoms with Crippen LogP contribution in [0.4, 0.5) is 11.8 Å². The highest BCUT2D eigenvalue weighted by Crippen LogP contribution is 2.17. The Morgan fingerprint density at radius 2 is 2.00 bits per heavy atom. The minimum Gasteiger partial charge on any atom is -0.475 e. The van der Waals surface area contributed by atoms with E-state index in [1.807, 2.05) is 51.0 Å². The second kappa shape index (κ2) is 6.88. The summed E-state index contributed by atoms with van der Waals surface area (Å²) < 4.78 is 5.70. The lowest BCUT2D eigenvalue weighted by Gasteiger charge is -2.14. The lowest BCUT2D eigenvalue weighted by atomic mass is 10.2. The molecule has 0 aliphatic carbocycles. The van der Waals surface area contributed by atoms with Crippen LogP contribution < -0.4 is 15.0 Å². The maximum atomic E-state index is 5.70. The fourth-order valence-electron chi connectivity index (χ4n) is 1.74. The first-order chi connectivity index (χ1) is 10.1. The number of hydrogen-bond donors (Lipinski definition) is 1. The minimum absolute atomic E-state index is 0.0954. The van der Waals surface area contributed by atoms with Crippen molar-refractivity contribution in [2.75, 3.05) is 24.3 Å². The molecular weight excluding hydrogens is 266 g/mol. The smallest absolute Gasteiger partial charge is 0.226 e. The van der Waals surface area contributed by atoms with E-state index in [1.54, 1.807) is 12.4 Å². The molecule has 2 heterocycles. The monoisotopic (exact) mass is 287 g/mol. The molecule has 0 atom stereocenters. The van der Waals surface area contributed by atoms with Crippen LogP contribution in [0.5, 0.6) is 5.88 Å². The lowest BCUT2D eigenvalue weighted by Crippen LogP contribution is -2.14. The maximum absolute atomic E-state index is 5.70. The zero-order chi connectivity index (χ0) is 15.2. The summed E-state index contributed by atoms with van der Waals surface area (Å²) in [6.45, 7) is 4.57. The highest BCUT2D eigenvalue weighted by atomic mass is 16.5. The molecule has 0 aliphatic heterocycles. The SMILES string of the molecule is CC(C)Oc1ncccc1CNc1ccnc(N(C)C)n1. The van der Waals surface area contributed by atoms with Gasteiger partial charge in [0.15, 0.2) is 0 Å². The van der Waals surface area contributed by atoms with Crippen molar-refractivity contribution in [1.82, 2.24) is 15.0 Å². The molecular formula is C15H21N5O. The Hall–Kier alpha value is -2.37. The van der Waals surface area contributed by atoms with Crippen LogP contribution >= 0.6 is 0 Å². The molecule has 2 aromatic heterocycles. The average Bonchev–Trinajstić information content (AvgIpc) is 2.46. The van der Waals surface area contributed by atoms with E-state index in [9.17, 15) is 0 Å². The Morgan fingerprint density at radius 1 is 1.19 bits per heavy atom. The van der Waals surface area contributed by atoms with Crippen molar-refractivity contribution in [1.29, 1.82) is 0 Å². The zero-order valence-electron chi connectivity index (χ0n) is 12.9. The third-order valence-corrected chi connectivity index (χ3v) is 2.70. The van der Waals surface area contributed by atoms with Crippen molar-refractivity contribution < 1.29 is 4.74 Å². The quantitative estimate of drug-likeness (QED) is 0.880. The van der Waals surface area contributed by atoms with Crippen molar-refractivity contribution in [2.45, 2.75) is 26.5 Å². The van der Waals surface area contributed by atoms with Crippen molar-refractivity contribution in [3.63, 3.8) is 0 Å². The third-order valence-electron chi connectivity index (χ3n) is 2.70. The number of aromatic nitrogens is 3. The van der Waals surface area contributed by atoms with E-state index in [2.05, 4.69) is 20.3 Å². The van der Waals surface area contributed by atoms with Gasteiger partial charge in [-0.1, -0.05) is 6.07 Å². The largest absolute Gasteiger partial charge is 0.475 e. The molecule has 6 heteroatoms. The molecule has 0 spiro atoms. The Morgan fingerprint density at radius 3 is 2.71 bits per heavy atom. The molecule has 0 aromatic carbocycles. The normalized spacial score (nSPS) is 10.5. The Bertz CT molecular complexity index is 586. The number of anilines is 2. The number of rotatable bonds is 6. The lowest BCUT2D eigenvalue weighted by molar-refractivity contribution is 0.230. The van der Waals surface area contributed by atoms with Gasteiger partial charge in [0.25, 0.3) is 0 Å². The summed E-state index contributed by atoms with van der Waals surface area (Å²) in [5.41, 5.74) is 0.996. The van der Waals surface area contributed by atoms with E-state index in [1.165, 1.54) is 0 Å². The molecule has 21 heavy (non-hydrogen) atoms. The summed E-state index contributed by atoms with van der Waals surface area (Å²) in [6, 6.07) is 5.73. The molecule has 0 amide bonds. The van der Waals surface area contributed by atoms with Gasteiger partial charge >= 0.3 is 0 Å². The highest BCUT2D eigenvalue weighted by Gasteiger charge is 2.07. The first kappa shape index (κ1) is 15.0. The van der Waals surface area contributed by atoms with Crippen LogP contribution in [0, 0.1) is 0 Å². The molecule has 112 valence electrons. The van der Waals surface area contributed by atoms with Crippen LogP contribution in [0.3, 0.4) is 0 Å². The Labute approximate surface area is 125 Å². The van der Waals surface area contributed by atoms with Crippen molar-refractivity contribution in [3.05, 3.63) is 36.2 Å². The van der Waals surface area contributed by atoms with Crippen LogP contribution in [0.2, 0.25) is 0 Å². The summed E-state index contributed by atoms with van der Waals surface area (Å²) >= 11 is 0. The van der Waals surface area contributed by atoms with Gasteiger partial charge in [0.2, 0.25) is 11.8 Å². The van der Waals surface area contributed by atoms with Gasteiger partial charge in [-0.2, -0.15) is 4.98 Å². The molecule has 1 N–H and O–H groups in total. The van der Waals surface area contributed by atoms with Crippen molar-refractivity contribution >= 4 is 11.8 Å². The standard InChI is InChI=1S/C15H21N5O/c1-11(2)21-14-12(6-5-8-16-14)10-18-13-7-9-17-15(19-13)20(3)4/h5-9,11H,10H2,1-4H3,(H,17,18,19). The second-order valence-corrected chi connectivity index (χ2v) is 5.12. The van der Waals surface area contributed by atoms with Crippen molar-refractivity contribution in [2.24, 2.45) is 0 Å². The fraction of sp³-hybridized carbons (Fsp3) is 0.400. The van der Waals surface area contributed by atoms with E-state index >= 15 is 0 Å². The van der Waals surface area contributed by atoms with Gasteiger partial charge in [-0.25, -0.2) is 9.97 Å². The summed E-state index contributed by atoms with van der Waals surface area (Å²) in [4.78, 5) is 14.7. The fourth-order valence-corrected chi connectivity index (χ4v) is 1.74. The topological polar surface area (TPSA) is 63.2 Å². The molecule has 6 nitrogen and oxygen atoms in total. The first-order valence-corrected chi connectivity index (χ1v) is 6.91. The molecule has 0 aliphatic rings. The Balaban J connectivity index is 2.08. The summed E-state index contributed by atoms with van der Waals surface area (Å²) in [5, 5.41) is 3.27. The molecule has 0 unspecified atom stereocenters. The third kappa shape index (κ3) is 4.30. The molecule has 0 fully saturated rings. The van der Waals surface area contributed by atoms with Crippen LogP contribution in [0.1, 0.15) is 19.4 Å². The van der Waals surface area contributed by atoms with Gasteiger partial charge in [-0.05, 0) is 26.0 Å². The number of nitrogens with one attached hydrogen (secondary N) is 1. The highest BCUT2D eigenvalue weighted by molar-refractivity contribution is 5.41. The zero-order valence-corrected chi connectivity index (χ0v) is 12.9. The van der Waals surface area contributed by atoms with Gasteiger partial charge in [-0.15, -0.1) is 0 Å². The molecule has 2 aromatic rings. The van der Waals surface area contributed by atoms with Crippen molar-refractivity contribution in [3.8, 4) is 5.88 Å². The predicted molar refractivity (Wildman–Crippen MR) is 83.7 cm³/mol. The van der Waals surface area contributed by atoms with Gasteiger partial charge in [0.1, 0.15) is 5.82 Å². The maximum Gasteiger partial charge on any atom is 0.226 e. The van der Waals surface area contributed by atoms with Gasteiger partial charge in [0.05, 0.1) is 6.10 Å². The van der Waals surface area contributed by atoms with Crippen LogP contribution in [0.25, 0.3) is 0 Å². The number of ether oxygens (including phenoxy) is 1. The van der Waals surface area contributed by atoms with Crippen LogP contribution in [0.15, 0.2) is 30.6 Å². The van der Waals surface area contributed by atoms with Gasteiger partial charge in [0, 0.05) is 38.6 Å². The summed E-state index contributed by atoms with van der Waals surface area (Å²) in [6.07, 6.45) is 3.56. The number of nitrogens with zero attached hydrogens (tertiary/aromatic N) is 4. The molecule has 0 saturated heterocycles. The van der Waals surface area contributed by atoms with E-state index in [0.717, 1.165) is 11.4 Å². The summed E-state index contributed by atoms with van der Waals surface area (Å²) in [5.74, 6) is 2.10. The van der Waals surface area contributed by atoms with E-state index in [0.29, 0.717) is 18.4 Å². The second-order valence-electron chi connectivity index (χ2n) is 5.12. The van der Waals surface area contributed by atoms with Crippen LogP contribution in [-0.4, -0.2) is 35.2 Å². The van der Waals surface area contributed by atoms with Gasteiger partial charge < -0.3 is 15.0 Å². The van der Waals surface area contributed by atoms with E-state index in [-0.39, 0.29) is 6.10 Å². The number of hydrogen-bond acceptors (Lipinski definition) is 6. The Kier molecular flexibility index (Phi) is 4.92.